The van der Waals surface area contributed by atoms with Gasteiger partial charge in [0.15, 0.2) is 0 Å². The van der Waals surface area contributed by atoms with Crippen molar-refractivity contribution in [3.05, 3.63) is 47.5 Å². The molecule has 0 radical (unpaired) electrons. The third kappa shape index (κ3) is 2.91. The van der Waals surface area contributed by atoms with Gasteiger partial charge >= 0.3 is 6.18 Å². The van der Waals surface area contributed by atoms with E-state index in [2.05, 4.69) is 10.3 Å². The lowest BCUT2D eigenvalue weighted by molar-refractivity contribution is -0.137. The minimum absolute atomic E-state index is 0.0246. The molecule has 2 rings (SSSR count). The number of rotatable bonds is 3. The Kier molecular flexibility index (Phi) is 3.66. The summed E-state index contributed by atoms with van der Waals surface area (Å²) in [5, 5.41) is 11.4. The number of halogens is 3. The van der Waals surface area contributed by atoms with Crippen molar-refractivity contribution in [2.45, 2.75) is 12.7 Å². The van der Waals surface area contributed by atoms with Crippen LogP contribution in [0.25, 0.3) is 0 Å². The molecular weight excluding hydrogens is 269 g/mol. The Morgan fingerprint density at radius 3 is 2.70 bits per heavy atom. The van der Waals surface area contributed by atoms with Gasteiger partial charge in [0.1, 0.15) is 0 Å². The second-order valence-corrected chi connectivity index (χ2v) is 4.22. The van der Waals surface area contributed by atoms with E-state index in [9.17, 15) is 13.2 Å². The number of anilines is 1. The molecule has 0 aliphatic heterocycles. The molecule has 104 valence electrons. The maximum atomic E-state index is 12.9. The second-order valence-electron chi connectivity index (χ2n) is 4.22. The largest absolute Gasteiger partial charge is 0.418 e. The summed E-state index contributed by atoms with van der Waals surface area (Å²) in [5.74, 6) is 0. The number of imidazole rings is 1. The number of benzene rings is 1. The Balaban J connectivity index is 2.28. The number of aryl methyl sites for hydroxylation is 1. The molecule has 0 saturated carbocycles. The van der Waals surface area contributed by atoms with Crippen LogP contribution in [-0.4, -0.2) is 9.55 Å². The van der Waals surface area contributed by atoms with Gasteiger partial charge in [-0.1, -0.05) is 0 Å². The molecule has 0 atom stereocenters. The molecule has 0 amide bonds. The molecular formula is C13H11F3N4. The lowest BCUT2D eigenvalue weighted by Crippen LogP contribution is -2.12. The van der Waals surface area contributed by atoms with E-state index in [4.69, 9.17) is 5.26 Å². The van der Waals surface area contributed by atoms with Crippen molar-refractivity contribution >= 4 is 5.69 Å². The lowest BCUT2D eigenvalue weighted by Gasteiger charge is -2.15. The minimum atomic E-state index is -4.51. The average molecular weight is 280 g/mol. The lowest BCUT2D eigenvalue weighted by atomic mass is 10.1. The molecule has 0 spiro atoms. The Morgan fingerprint density at radius 1 is 1.40 bits per heavy atom. The van der Waals surface area contributed by atoms with Gasteiger partial charge in [-0.2, -0.15) is 18.4 Å². The molecule has 0 fully saturated rings. The zero-order valence-corrected chi connectivity index (χ0v) is 10.6. The van der Waals surface area contributed by atoms with Crippen LogP contribution in [0.2, 0.25) is 0 Å². The highest BCUT2D eigenvalue weighted by atomic mass is 19.4. The van der Waals surface area contributed by atoms with E-state index in [-0.39, 0.29) is 17.8 Å². The zero-order valence-electron chi connectivity index (χ0n) is 10.6. The summed E-state index contributed by atoms with van der Waals surface area (Å²) in [6, 6.07) is 5.15. The Hall–Kier alpha value is -2.49. The Labute approximate surface area is 113 Å². The molecule has 0 unspecified atom stereocenters. The quantitative estimate of drug-likeness (QED) is 0.940. The van der Waals surface area contributed by atoms with Crippen LogP contribution in [0.3, 0.4) is 0 Å². The minimum Gasteiger partial charge on any atom is -0.379 e. The van der Waals surface area contributed by atoms with E-state index >= 15 is 0 Å². The maximum absolute atomic E-state index is 12.9. The summed E-state index contributed by atoms with van der Waals surface area (Å²) >= 11 is 0. The smallest absolute Gasteiger partial charge is 0.379 e. The van der Waals surface area contributed by atoms with Crippen LogP contribution in [0, 0.1) is 11.3 Å². The molecule has 1 aromatic heterocycles. The van der Waals surface area contributed by atoms with E-state index in [0.717, 1.165) is 11.8 Å². The highest BCUT2D eigenvalue weighted by molar-refractivity contribution is 5.56. The van der Waals surface area contributed by atoms with E-state index < -0.39 is 11.7 Å². The molecule has 2 aromatic rings. The first-order valence-corrected chi connectivity index (χ1v) is 5.72. The fourth-order valence-electron chi connectivity index (χ4n) is 1.74. The van der Waals surface area contributed by atoms with E-state index in [0.29, 0.717) is 0 Å². The molecule has 0 aliphatic carbocycles. The SMILES string of the molecule is Cn1cncc1CNc1ccc(C#N)cc1C(F)(F)F. The third-order valence-corrected chi connectivity index (χ3v) is 2.83. The first-order chi connectivity index (χ1) is 9.41. The third-order valence-electron chi connectivity index (χ3n) is 2.83. The molecule has 1 aromatic carbocycles. The number of hydrogen-bond donors (Lipinski definition) is 1. The van der Waals surface area contributed by atoms with Crippen LogP contribution in [-0.2, 0) is 19.8 Å². The van der Waals surface area contributed by atoms with Crippen molar-refractivity contribution in [1.82, 2.24) is 9.55 Å². The molecule has 0 aliphatic rings. The predicted octanol–water partition coefficient (Wildman–Crippen LogP) is 2.92. The van der Waals surface area contributed by atoms with Crippen molar-refractivity contribution in [2.24, 2.45) is 7.05 Å². The molecule has 7 heteroatoms. The van der Waals surface area contributed by atoms with Gasteiger partial charge in [0.05, 0.1) is 35.8 Å². The van der Waals surface area contributed by atoms with Gasteiger partial charge in [0.25, 0.3) is 0 Å². The first kappa shape index (κ1) is 13.9. The summed E-state index contributed by atoms with van der Waals surface area (Å²) in [6.45, 7) is 0.214. The summed E-state index contributed by atoms with van der Waals surface area (Å²) in [7, 11) is 1.76. The summed E-state index contributed by atoms with van der Waals surface area (Å²) in [4.78, 5) is 3.89. The van der Waals surface area contributed by atoms with Gasteiger partial charge < -0.3 is 9.88 Å². The molecule has 4 nitrogen and oxygen atoms in total. The number of nitrogens with one attached hydrogen (secondary N) is 1. The van der Waals surface area contributed by atoms with Crippen LogP contribution in [0.15, 0.2) is 30.7 Å². The second kappa shape index (κ2) is 5.25. The van der Waals surface area contributed by atoms with Gasteiger partial charge in [-0.3, -0.25) is 0 Å². The fraction of sp³-hybridized carbons (Fsp3) is 0.231. The van der Waals surface area contributed by atoms with Crippen molar-refractivity contribution in [2.75, 3.05) is 5.32 Å². The molecule has 0 saturated heterocycles. The van der Waals surface area contributed by atoms with Crippen LogP contribution >= 0.6 is 0 Å². The standard InChI is InChI=1S/C13H11F3N4/c1-20-8-18-6-10(20)7-19-12-3-2-9(5-17)4-11(12)13(14,15)16/h2-4,6,8,19H,7H2,1H3. The van der Waals surface area contributed by atoms with Gasteiger partial charge in [-0.05, 0) is 18.2 Å². The van der Waals surface area contributed by atoms with Crippen molar-refractivity contribution in [1.29, 1.82) is 5.26 Å². The molecule has 1 N–H and O–H groups in total. The van der Waals surface area contributed by atoms with Crippen molar-refractivity contribution in [3.63, 3.8) is 0 Å². The summed E-state index contributed by atoms with van der Waals surface area (Å²) < 4.78 is 40.5. The molecule has 0 bridgehead atoms. The number of nitrogens with zero attached hydrogens (tertiary/aromatic N) is 3. The Bertz CT molecular complexity index is 652. The fourth-order valence-corrected chi connectivity index (χ4v) is 1.74. The van der Waals surface area contributed by atoms with E-state index in [1.807, 2.05) is 0 Å². The highest BCUT2D eigenvalue weighted by Gasteiger charge is 2.33. The van der Waals surface area contributed by atoms with Gasteiger partial charge in [-0.25, -0.2) is 4.98 Å². The molecule has 20 heavy (non-hydrogen) atoms. The number of hydrogen-bond acceptors (Lipinski definition) is 3. The predicted molar refractivity (Wildman–Crippen MR) is 66.7 cm³/mol. The normalized spacial score (nSPS) is 11.2. The van der Waals surface area contributed by atoms with Crippen molar-refractivity contribution < 1.29 is 13.2 Å². The zero-order chi connectivity index (χ0) is 14.8. The van der Waals surface area contributed by atoms with Crippen LogP contribution in [0.5, 0.6) is 0 Å². The topological polar surface area (TPSA) is 53.6 Å². The van der Waals surface area contributed by atoms with Crippen LogP contribution in [0.4, 0.5) is 18.9 Å². The van der Waals surface area contributed by atoms with E-state index in [1.54, 1.807) is 30.2 Å². The first-order valence-electron chi connectivity index (χ1n) is 5.72. The molecule has 1 heterocycles. The number of alkyl halides is 3. The van der Waals surface area contributed by atoms with Gasteiger partial charge in [-0.15, -0.1) is 0 Å². The maximum Gasteiger partial charge on any atom is 0.418 e. The van der Waals surface area contributed by atoms with E-state index in [1.165, 1.54) is 12.1 Å². The number of aromatic nitrogens is 2. The van der Waals surface area contributed by atoms with Gasteiger partial charge in [0.2, 0.25) is 0 Å². The van der Waals surface area contributed by atoms with Crippen LogP contribution in [0.1, 0.15) is 16.8 Å². The summed E-state index contributed by atoms with van der Waals surface area (Å²) in [5.41, 5.74) is -0.178. The van der Waals surface area contributed by atoms with Crippen molar-refractivity contribution in [3.8, 4) is 6.07 Å². The highest BCUT2D eigenvalue weighted by Crippen LogP contribution is 2.35. The van der Waals surface area contributed by atoms with Crippen LogP contribution < -0.4 is 5.32 Å². The monoisotopic (exact) mass is 280 g/mol. The Morgan fingerprint density at radius 2 is 2.15 bits per heavy atom. The average Bonchev–Trinajstić information content (AvgIpc) is 2.80. The number of nitriles is 1. The summed E-state index contributed by atoms with van der Waals surface area (Å²) in [6.07, 6.45) is -1.37. The van der Waals surface area contributed by atoms with Gasteiger partial charge in [0, 0.05) is 18.9 Å².